The molecule has 2 aliphatic heterocycles. The highest BCUT2D eigenvalue weighted by atomic mass is 16.7. The molecule has 2 heterocycles. The standard InChI is InChI=1S/C41H66O12/c1-36(2)14-16-41(35(48)49-7)17-15-39(5)22(23(41)18-36)8-9-27-37(3)12-11-28(38(4,21-42)26(37)10-13-40(27,39)6)52-34-32(30(46)25(44)20-51-34)53-33-31(47)29(45)24(43)19-50-33/h8,23-34,42-47H,9-21H2,1-7H3/t23-,24+,25-,26+,27+,28-,29-,30-,31+,32+,33-,34+,37-,38-,39+,40+,41-/m0/s1. The number of fused-ring (bicyclic) bond motifs is 7. The Hall–Kier alpha value is -1.19. The summed E-state index contributed by atoms with van der Waals surface area (Å²) in [5.41, 5.74) is 0.288. The van der Waals surface area contributed by atoms with E-state index in [0.29, 0.717) is 12.3 Å². The van der Waals surface area contributed by atoms with E-state index in [0.717, 1.165) is 57.8 Å². The molecular formula is C41H66O12. The van der Waals surface area contributed by atoms with Gasteiger partial charge in [-0.15, -0.1) is 0 Å². The van der Waals surface area contributed by atoms with Gasteiger partial charge in [0.05, 0.1) is 38.4 Å². The van der Waals surface area contributed by atoms with E-state index in [2.05, 4.69) is 47.6 Å². The molecule has 6 N–H and O–H groups in total. The fraction of sp³-hybridized carbons (Fsp3) is 0.927. The van der Waals surface area contributed by atoms with Crippen molar-refractivity contribution in [1.82, 2.24) is 0 Å². The second kappa shape index (κ2) is 13.7. The van der Waals surface area contributed by atoms with Gasteiger partial charge in [-0.2, -0.15) is 0 Å². The van der Waals surface area contributed by atoms with Gasteiger partial charge in [0.2, 0.25) is 0 Å². The van der Waals surface area contributed by atoms with Crippen molar-refractivity contribution in [2.75, 3.05) is 26.9 Å². The Balaban J connectivity index is 1.15. The van der Waals surface area contributed by atoms with Crippen LogP contribution in [0.5, 0.6) is 0 Å². The van der Waals surface area contributed by atoms with Crippen LogP contribution in [0.1, 0.15) is 106 Å². The van der Waals surface area contributed by atoms with Gasteiger partial charge in [0.1, 0.15) is 36.6 Å². The highest BCUT2D eigenvalue weighted by molar-refractivity contribution is 5.78. The van der Waals surface area contributed by atoms with Crippen LogP contribution in [0.25, 0.3) is 0 Å². The Morgan fingerprint density at radius 1 is 0.792 bits per heavy atom. The summed E-state index contributed by atoms with van der Waals surface area (Å²) in [6.45, 7) is 13.6. The smallest absolute Gasteiger partial charge is 0.312 e. The molecule has 302 valence electrons. The van der Waals surface area contributed by atoms with Crippen molar-refractivity contribution in [2.24, 2.45) is 50.2 Å². The van der Waals surface area contributed by atoms with Crippen LogP contribution >= 0.6 is 0 Å². The molecule has 53 heavy (non-hydrogen) atoms. The molecule has 17 atom stereocenters. The van der Waals surface area contributed by atoms with Gasteiger partial charge in [0, 0.05) is 5.41 Å². The lowest BCUT2D eigenvalue weighted by Crippen LogP contribution is -2.67. The molecule has 0 spiro atoms. The normalized spacial score (nSPS) is 53.6. The fourth-order valence-electron chi connectivity index (χ4n) is 13.3. The number of methoxy groups -OCH3 is 1. The first-order valence-corrected chi connectivity index (χ1v) is 20.2. The van der Waals surface area contributed by atoms with Crippen LogP contribution in [0.4, 0.5) is 0 Å². The number of allylic oxidation sites excluding steroid dienone is 2. The number of aliphatic hydroxyl groups is 6. The summed E-state index contributed by atoms with van der Waals surface area (Å²) in [5.74, 6) is 0.583. The van der Waals surface area contributed by atoms with Gasteiger partial charge in [-0.25, -0.2) is 0 Å². The van der Waals surface area contributed by atoms with Crippen LogP contribution in [-0.2, 0) is 28.5 Å². The second-order valence-electron chi connectivity index (χ2n) is 19.8. The molecule has 0 amide bonds. The fourth-order valence-corrected chi connectivity index (χ4v) is 13.3. The maximum atomic E-state index is 13.6. The minimum absolute atomic E-state index is 0.0130. The monoisotopic (exact) mass is 750 g/mol. The topological polar surface area (TPSA) is 185 Å². The molecule has 0 unspecified atom stereocenters. The minimum Gasteiger partial charge on any atom is -0.469 e. The van der Waals surface area contributed by atoms with Crippen molar-refractivity contribution in [3.63, 3.8) is 0 Å². The number of rotatable bonds is 6. The molecule has 7 rings (SSSR count). The van der Waals surface area contributed by atoms with Crippen LogP contribution < -0.4 is 0 Å². The zero-order valence-corrected chi connectivity index (χ0v) is 32.8. The average Bonchev–Trinajstić information content (AvgIpc) is 3.12. The predicted molar refractivity (Wildman–Crippen MR) is 192 cm³/mol. The van der Waals surface area contributed by atoms with Crippen molar-refractivity contribution < 1.29 is 59.1 Å². The van der Waals surface area contributed by atoms with E-state index in [4.69, 9.17) is 23.7 Å². The maximum Gasteiger partial charge on any atom is 0.312 e. The van der Waals surface area contributed by atoms with E-state index in [1.165, 1.54) is 5.57 Å². The summed E-state index contributed by atoms with van der Waals surface area (Å²) in [5, 5.41) is 63.6. The van der Waals surface area contributed by atoms with E-state index in [9.17, 15) is 35.4 Å². The first kappa shape index (κ1) is 40.0. The molecule has 5 aliphatic carbocycles. The number of ether oxygens (including phenoxy) is 5. The van der Waals surface area contributed by atoms with E-state index in [1.54, 1.807) is 7.11 Å². The quantitative estimate of drug-likeness (QED) is 0.133. The van der Waals surface area contributed by atoms with Crippen LogP contribution in [-0.4, -0.2) is 119 Å². The maximum absolute atomic E-state index is 13.6. The van der Waals surface area contributed by atoms with Gasteiger partial charge in [-0.1, -0.05) is 53.2 Å². The Bertz CT molecular complexity index is 1420. The van der Waals surface area contributed by atoms with E-state index in [-0.39, 0.29) is 59.3 Å². The molecule has 12 heteroatoms. The minimum atomic E-state index is -1.60. The Morgan fingerprint density at radius 2 is 1.45 bits per heavy atom. The van der Waals surface area contributed by atoms with Gasteiger partial charge < -0.3 is 54.3 Å². The zero-order valence-electron chi connectivity index (χ0n) is 32.8. The number of hydrogen-bond acceptors (Lipinski definition) is 12. The summed E-state index contributed by atoms with van der Waals surface area (Å²) in [4.78, 5) is 13.6. The molecule has 0 bridgehead atoms. The average molecular weight is 751 g/mol. The van der Waals surface area contributed by atoms with E-state index >= 15 is 0 Å². The van der Waals surface area contributed by atoms with Gasteiger partial charge >= 0.3 is 5.97 Å². The second-order valence-corrected chi connectivity index (χ2v) is 19.8. The van der Waals surface area contributed by atoms with Crippen LogP contribution in [0, 0.1) is 50.2 Å². The number of carbonyl (C=O) groups excluding carboxylic acids is 1. The summed E-state index contributed by atoms with van der Waals surface area (Å²) in [6.07, 6.45) is 0.0451. The summed E-state index contributed by atoms with van der Waals surface area (Å²) in [7, 11) is 1.54. The first-order valence-electron chi connectivity index (χ1n) is 20.2. The number of esters is 1. The van der Waals surface area contributed by atoms with Crippen molar-refractivity contribution in [2.45, 2.75) is 161 Å². The van der Waals surface area contributed by atoms with Gasteiger partial charge in [0.15, 0.2) is 12.6 Å². The lowest BCUT2D eigenvalue weighted by molar-refractivity contribution is -0.358. The molecule has 0 aromatic carbocycles. The lowest BCUT2D eigenvalue weighted by Gasteiger charge is -2.71. The summed E-state index contributed by atoms with van der Waals surface area (Å²) in [6, 6.07) is 0. The van der Waals surface area contributed by atoms with Crippen LogP contribution in [0.15, 0.2) is 11.6 Å². The molecule has 0 radical (unpaired) electrons. The number of hydrogen-bond donors (Lipinski definition) is 6. The Kier molecular flexibility index (Phi) is 10.4. The molecule has 6 fully saturated rings. The van der Waals surface area contributed by atoms with E-state index in [1.807, 2.05) is 0 Å². The highest BCUT2D eigenvalue weighted by Crippen LogP contribution is 2.76. The predicted octanol–water partition coefficient (Wildman–Crippen LogP) is 3.22. The third-order valence-electron chi connectivity index (χ3n) is 16.8. The molecule has 7 aliphatic rings. The molecular weight excluding hydrogens is 684 g/mol. The third kappa shape index (κ3) is 5.94. The van der Waals surface area contributed by atoms with Crippen molar-refractivity contribution in [1.29, 1.82) is 0 Å². The summed E-state index contributed by atoms with van der Waals surface area (Å²) < 4.78 is 29.6. The van der Waals surface area contributed by atoms with Crippen molar-refractivity contribution in [3.8, 4) is 0 Å². The number of carbonyl (C=O) groups is 1. The molecule has 2 saturated heterocycles. The van der Waals surface area contributed by atoms with Crippen LogP contribution in [0.3, 0.4) is 0 Å². The lowest BCUT2D eigenvalue weighted by atomic mass is 9.33. The van der Waals surface area contributed by atoms with Crippen LogP contribution in [0.2, 0.25) is 0 Å². The van der Waals surface area contributed by atoms with Crippen molar-refractivity contribution >= 4 is 5.97 Å². The molecule has 0 aromatic rings. The summed E-state index contributed by atoms with van der Waals surface area (Å²) >= 11 is 0. The van der Waals surface area contributed by atoms with Gasteiger partial charge in [0.25, 0.3) is 0 Å². The SMILES string of the molecule is COC(=O)[C@]12CCC(C)(C)C[C@H]1C1=CC[C@@H]3[C@@]4(C)CC[C@H](O[C@H]5OC[C@H](O)[C@H](O)[C@H]5O[C@@H]5OC[C@@H](O)[C@H](O)[C@H]5O)[C@@](C)(CO)[C@@H]4CC[C@@]3(C)[C@]1(C)CC2. The highest BCUT2D eigenvalue weighted by Gasteiger charge is 2.70. The Morgan fingerprint density at radius 3 is 2.13 bits per heavy atom. The van der Waals surface area contributed by atoms with Gasteiger partial charge in [-0.3, -0.25) is 4.79 Å². The third-order valence-corrected chi connectivity index (χ3v) is 16.8. The largest absolute Gasteiger partial charge is 0.469 e. The van der Waals surface area contributed by atoms with Crippen molar-refractivity contribution in [3.05, 3.63) is 11.6 Å². The van der Waals surface area contributed by atoms with Gasteiger partial charge in [-0.05, 0) is 104 Å². The molecule has 12 nitrogen and oxygen atoms in total. The molecule has 4 saturated carbocycles. The van der Waals surface area contributed by atoms with E-state index < -0.39 is 66.1 Å². The first-order chi connectivity index (χ1) is 24.8. The Labute approximate surface area is 314 Å². The molecule has 0 aromatic heterocycles. The number of aliphatic hydroxyl groups excluding tert-OH is 6. The zero-order chi connectivity index (χ0) is 38.5.